The quantitative estimate of drug-likeness (QED) is 0.779. The molecule has 1 aromatic carbocycles. The fourth-order valence-electron chi connectivity index (χ4n) is 2.21. The third-order valence-corrected chi connectivity index (χ3v) is 3.99. The van der Waals surface area contributed by atoms with Gasteiger partial charge in [-0.25, -0.2) is 0 Å². The van der Waals surface area contributed by atoms with Crippen LogP contribution in [0, 0.1) is 0 Å². The molecule has 0 radical (unpaired) electrons. The van der Waals surface area contributed by atoms with E-state index in [0.717, 1.165) is 12.8 Å². The van der Waals surface area contributed by atoms with Crippen LogP contribution in [0.25, 0.3) is 0 Å². The van der Waals surface area contributed by atoms with E-state index < -0.39 is 0 Å². The fourth-order valence-corrected chi connectivity index (χ4v) is 2.39. The van der Waals surface area contributed by atoms with Crippen molar-refractivity contribution in [2.45, 2.75) is 52.6 Å². The van der Waals surface area contributed by atoms with E-state index in [1.165, 1.54) is 0 Å². The van der Waals surface area contributed by atoms with Crippen LogP contribution in [0.3, 0.4) is 0 Å². The molecule has 0 bridgehead atoms. The SMILES string of the molecule is CC[C@@H](C)N(C(=O)c1cc(Cl)ccc1OC)[C@H](C)CC. The maximum Gasteiger partial charge on any atom is 0.258 e. The Kier molecular flexibility index (Phi) is 6.34. The van der Waals surface area contributed by atoms with Crippen molar-refractivity contribution < 1.29 is 9.53 Å². The maximum absolute atomic E-state index is 12.9. The van der Waals surface area contributed by atoms with Crippen molar-refractivity contribution in [2.24, 2.45) is 0 Å². The second-order valence-electron chi connectivity index (χ2n) is 5.07. The summed E-state index contributed by atoms with van der Waals surface area (Å²) in [7, 11) is 1.57. The number of carbonyl (C=O) groups is 1. The first-order chi connectivity index (χ1) is 9.46. The molecular weight excluding hydrogens is 274 g/mol. The Morgan fingerprint density at radius 3 is 2.25 bits per heavy atom. The maximum atomic E-state index is 12.9. The first-order valence-electron chi connectivity index (χ1n) is 7.12. The average molecular weight is 298 g/mol. The second-order valence-corrected chi connectivity index (χ2v) is 5.51. The molecule has 20 heavy (non-hydrogen) atoms. The average Bonchev–Trinajstić information content (AvgIpc) is 2.46. The van der Waals surface area contributed by atoms with Gasteiger partial charge in [0.25, 0.3) is 5.91 Å². The van der Waals surface area contributed by atoms with Crippen LogP contribution in [-0.4, -0.2) is 30.0 Å². The molecule has 0 unspecified atom stereocenters. The Balaban J connectivity index is 3.21. The summed E-state index contributed by atoms with van der Waals surface area (Å²) in [6.45, 7) is 8.31. The van der Waals surface area contributed by atoms with Crippen molar-refractivity contribution in [3.63, 3.8) is 0 Å². The number of methoxy groups -OCH3 is 1. The zero-order valence-electron chi connectivity index (χ0n) is 12.9. The molecule has 0 aromatic heterocycles. The summed E-state index contributed by atoms with van der Waals surface area (Å²) in [6, 6.07) is 5.51. The summed E-state index contributed by atoms with van der Waals surface area (Å²) in [4.78, 5) is 14.8. The highest BCUT2D eigenvalue weighted by molar-refractivity contribution is 6.31. The van der Waals surface area contributed by atoms with Crippen LogP contribution in [-0.2, 0) is 0 Å². The van der Waals surface area contributed by atoms with E-state index in [1.54, 1.807) is 25.3 Å². The van der Waals surface area contributed by atoms with Crippen molar-refractivity contribution in [2.75, 3.05) is 7.11 Å². The predicted octanol–water partition coefficient (Wildman–Crippen LogP) is 4.39. The normalized spacial score (nSPS) is 13.7. The van der Waals surface area contributed by atoms with Crippen molar-refractivity contribution in [3.8, 4) is 5.75 Å². The summed E-state index contributed by atoms with van der Waals surface area (Å²) < 4.78 is 5.29. The van der Waals surface area contributed by atoms with E-state index in [1.807, 2.05) is 4.90 Å². The summed E-state index contributed by atoms with van der Waals surface area (Å²) in [5.74, 6) is 0.545. The molecule has 0 saturated carbocycles. The van der Waals surface area contributed by atoms with E-state index in [-0.39, 0.29) is 18.0 Å². The Morgan fingerprint density at radius 1 is 1.25 bits per heavy atom. The zero-order chi connectivity index (χ0) is 15.3. The largest absolute Gasteiger partial charge is 0.496 e. The number of rotatable bonds is 6. The van der Waals surface area contributed by atoms with Crippen molar-refractivity contribution in [1.82, 2.24) is 4.90 Å². The number of halogens is 1. The summed E-state index contributed by atoms with van der Waals surface area (Å²) >= 11 is 6.02. The lowest BCUT2D eigenvalue weighted by atomic mass is 10.1. The summed E-state index contributed by atoms with van der Waals surface area (Å²) in [5, 5.41) is 0.544. The first-order valence-corrected chi connectivity index (χ1v) is 7.50. The van der Waals surface area contributed by atoms with Gasteiger partial charge in [0, 0.05) is 17.1 Å². The van der Waals surface area contributed by atoms with Crippen LogP contribution in [0.1, 0.15) is 50.9 Å². The summed E-state index contributed by atoms with van der Waals surface area (Å²) in [5.41, 5.74) is 0.528. The number of benzene rings is 1. The first kappa shape index (κ1) is 16.8. The number of hydrogen-bond acceptors (Lipinski definition) is 2. The lowest BCUT2D eigenvalue weighted by Crippen LogP contribution is -2.44. The highest BCUT2D eigenvalue weighted by Crippen LogP contribution is 2.26. The van der Waals surface area contributed by atoms with Gasteiger partial charge in [0.15, 0.2) is 0 Å². The van der Waals surface area contributed by atoms with Crippen LogP contribution in [0.4, 0.5) is 0 Å². The summed E-state index contributed by atoms with van der Waals surface area (Å²) in [6.07, 6.45) is 1.83. The molecule has 2 atom stereocenters. The number of amides is 1. The minimum atomic E-state index is -0.0203. The molecular formula is C16H24ClNO2. The number of nitrogens with zero attached hydrogens (tertiary/aromatic N) is 1. The topological polar surface area (TPSA) is 29.5 Å². The van der Waals surface area contributed by atoms with Gasteiger partial charge >= 0.3 is 0 Å². The van der Waals surface area contributed by atoms with Crippen LogP contribution in [0.5, 0.6) is 5.75 Å². The Bertz CT molecular complexity index is 452. The van der Waals surface area contributed by atoms with Crippen LogP contribution >= 0.6 is 11.6 Å². The number of hydrogen-bond donors (Lipinski definition) is 0. The Labute approximate surface area is 126 Å². The van der Waals surface area contributed by atoms with Gasteiger partial charge in [-0.2, -0.15) is 0 Å². The molecule has 4 heteroatoms. The van der Waals surface area contributed by atoms with Gasteiger partial charge in [-0.3, -0.25) is 4.79 Å². The molecule has 0 heterocycles. The van der Waals surface area contributed by atoms with Crippen LogP contribution in [0.15, 0.2) is 18.2 Å². The molecule has 3 nitrogen and oxygen atoms in total. The highest BCUT2D eigenvalue weighted by atomic mass is 35.5. The highest BCUT2D eigenvalue weighted by Gasteiger charge is 2.26. The predicted molar refractivity (Wildman–Crippen MR) is 83.7 cm³/mol. The number of carbonyl (C=O) groups excluding carboxylic acids is 1. The Morgan fingerprint density at radius 2 is 1.80 bits per heavy atom. The van der Waals surface area contributed by atoms with Gasteiger partial charge in [-0.15, -0.1) is 0 Å². The molecule has 0 spiro atoms. The van der Waals surface area contributed by atoms with Crippen molar-refractivity contribution >= 4 is 17.5 Å². The molecule has 1 amide bonds. The lowest BCUT2D eigenvalue weighted by molar-refractivity contribution is 0.0595. The smallest absolute Gasteiger partial charge is 0.258 e. The van der Waals surface area contributed by atoms with Crippen LogP contribution in [0.2, 0.25) is 5.02 Å². The van der Waals surface area contributed by atoms with E-state index in [9.17, 15) is 4.79 Å². The fraction of sp³-hybridized carbons (Fsp3) is 0.562. The van der Waals surface area contributed by atoms with Gasteiger partial charge in [0.05, 0.1) is 12.7 Å². The third-order valence-electron chi connectivity index (χ3n) is 3.76. The van der Waals surface area contributed by atoms with E-state index in [0.29, 0.717) is 16.3 Å². The lowest BCUT2D eigenvalue weighted by Gasteiger charge is -2.34. The molecule has 0 fully saturated rings. The number of ether oxygens (including phenoxy) is 1. The van der Waals surface area contributed by atoms with Gasteiger partial charge in [0.2, 0.25) is 0 Å². The van der Waals surface area contributed by atoms with E-state index >= 15 is 0 Å². The van der Waals surface area contributed by atoms with Gasteiger partial charge < -0.3 is 9.64 Å². The molecule has 112 valence electrons. The van der Waals surface area contributed by atoms with E-state index in [2.05, 4.69) is 27.7 Å². The van der Waals surface area contributed by atoms with Crippen LogP contribution < -0.4 is 4.74 Å². The Hall–Kier alpha value is -1.22. The molecule has 0 aliphatic carbocycles. The molecule has 0 aliphatic rings. The molecule has 0 aliphatic heterocycles. The second kappa shape index (κ2) is 7.53. The molecule has 0 N–H and O–H groups in total. The minimum absolute atomic E-state index is 0.0203. The van der Waals surface area contributed by atoms with Crippen molar-refractivity contribution in [1.29, 1.82) is 0 Å². The third kappa shape index (κ3) is 3.66. The standard InChI is InChI=1S/C16H24ClNO2/c1-6-11(3)18(12(4)7-2)16(19)14-10-13(17)8-9-15(14)20-5/h8-12H,6-7H2,1-5H3/t11-,12-/m1/s1. The molecule has 0 saturated heterocycles. The van der Waals surface area contributed by atoms with Gasteiger partial charge in [0.1, 0.15) is 5.75 Å². The minimum Gasteiger partial charge on any atom is -0.496 e. The zero-order valence-corrected chi connectivity index (χ0v) is 13.7. The molecule has 1 rings (SSSR count). The molecule has 1 aromatic rings. The monoisotopic (exact) mass is 297 g/mol. The van der Waals surface area contributed by atoms with Crippen molar-refractivity contribution in [3.05, 3.63) is 28.8 Å². The van der Waals surface area contributed by atoms with Gasteiger partial charge in [-0.1, -0.05) is 25.4 Å². The van der Waals surface area contributed by atoms with Gasteiger partial charge in [-0.05, 0) is 44.9 Å². The van der Waals surface area contributed by atoms with E-state index in [4.69, 9.17) is 16.3 Å².